The van der Waals surface area contributed by atoms with Crippen LogP contribution < -0.4 is 5.32 Å². The second kappa shape index (κ2) is 8.66. The molecule has 0 aromatic heterocycles. The standard InChI is InChI=1S/C19H27NO/c1-2-16-10-12-17(13-11-16)14-15-19(21)20-18-8-6-4-3-5-7-9-18/h10-15,18H,2-9H2,1H3,(H,20,21)/b15-14+. The van der Waals surface area contributed by atoms with Gasteiger partial charge in [-0.2, -0.15) is 0 Å². The maximum absolute atomic E-state index is 12.0. The van der Waals surface area contributed by atoms with E-state index in [1.165, 1.54) is 37.7 Å². The molecule has 114 valence electrons. The van der Waals surface area contributed by atoms with Gasteiger partial charge >= 0.3 is 0 Å². The van der Waals surface area contributed by atoms with Crippen molar-refractivity contribution in [1.29, 1.82) is 0 Å². The van der Waals surface area contributed by atoms with E-state index in [2.05, 4.69) is 36.5 Å². The molecule has 0 aliphatic heterocycles. The van der Waals surface area contributed by atoms with Crippen molar-refractivity contribution in [3.63, 3.8) is 0 Å². The van der Waals surface area contributed by atoms with Gasteiger partial charge in [-0.05, 0) is 36.5 Å². The molecule has 1 aromatic rings. The Morgan fingerprint density at radius 3 is 2.33 bits per heavy atom. The van der Waals surface area contributed by atoms with Gasteiger partial charge in [0.1, 0.15) is 0 Å². The van der Waals surface area contributed by atoms with Gasteiger partial charge in [0.2, 0.25) is 5.91 Å². The summed E-state index contributed by atoms with van der Waals surface area (Å²) in [7, 11) is 0. The second-order valence-electron chi connectivity index (χ2n) is 5.98. The average molecular weight is 285 g/mol. The van der Waals surface area contributed by atoms with Crippen LogP contribution in [0.2, 0.25) is 0 Å². The Hall–Kier alpha value is -1.57. The summed E-state index contributed by atoms with van der Waals surface area (Å²) in [6, 6.07) is 8.74. The van der Waals surface area contributed by atoms with E-state index in [4.69, 9.17) is 0 Å². The summed E-state index contributed by atoms with van der Waals surface area (Å²) >= 11 is 0. The van der Waals surface area contributed by atoms with Crippen LogP contribution >= 0.6 is 0 Å². The molecule has 1 aromatic carbocycles. The van der Waals surface area contributed by atoms with E-state index >= 15 is 0 Å². The minimum absolute atomic E-state index is 0.0418. The van der Waals surface area contributed by atoms with E-state index in [9.17, 15) is 4.79 Å². The largest absolute Gasteiger partial charge is 0.350 e. The van der Waals surface area contributed by atoms with Crippen molar-refractivity contribution in [3.05, 3.63) is 41.5 Å². The van der Waals surface area contributed by atoms with Gasteiger partial charge in [0.15, 0.2) is 0 Å². The third kappa shape index (κ3) is 5.74. The molecule has 2 heteroatoms. The fourth-order valence-electron chi connectivity index (χ4n) is 2.89. The van der Waals surface area contributed by atoms with Crippen molar-refractivity contribution in [2.75, 3.05) is 0 Å². The maximum atomic E-state index is 12.0. The molecule has 2 nitrogen and oxygen atoms in total. The van der Waals surface area contributed by atoms with Crippen LogP contribution in [0.3, 0.4) is 0 Å². The first-order valence-electron chi connectivity index (χ1n) is 8.35. The van der Waals surface area contributed by atoms with Crippen LogP contribution in [0.5, 0.6) is 0 Å². The van der Waals surface area contributed by atoms with Gasteiger partial charge in [0.05, 0.1) is 0 Å². The number of nitrogens with one attached hydrogen (secondary N) is 1. The van der Waals surface area contributed by atoms with Gasteiger partial charge in [0, 0.05) is 12.1 Å². The van der Waals surface area contributed by atoms with Crippen LogP contribution in [0, 0.1) is 0 Å². The zero-order valence-electron chi connectivity index (χ0n) is 13.1. The number of hydrogen-bond donors (Lipinski definition) is 1. The van der Waals surface area contributed by atoms with Crippen molar-refractivity contribution >= 4 is 12.0 Å². The number of aryl methyl sites for hydroxylation is 1. The van der Waals surface area contributed by atoms with E-state index < -0.39 is 0 Å². The van der Waals surface area contributed by atoms with E-state index in [0.29, 0.717) is 6.04 Å². The molecule has 0 atom stereocenters. The Morgan fingerprint density at radius 2 is 1.71 bits per heavy atom. The first-order valence-corrected chi connectivity index (χ1v) is 8.35. The molecule has 0 bridgehead atoms. The topological polar surface area (TPSA) is 29.1 Å². The monoisotopic (exact) mass is 285 g/mol. The highest BCUT2D eigenvalue weighted by atomic mass is 16.1. The molecule has 1 fully saturated rings. The third-order valence-corrected chi connectivity index (χ3v) is 4.27. The molecule has 21 heavy (non-hydrogen) atoms. The lowest BCUT2D eigenvalue weighted by Crippen LogP contribution is -2.34. The highest BCUT2D eigenvalue weighted by molar-refractivity contribution is 5.91. The van der Waals surface area contributed by atoms with E-state index in [1.54, 1.807) is 6.08 Å². The molecule has 0 radical (unpaired) electrons. The zero-order valence-corrected chi connectivity index (χ0v) is 13.1. The minimum Gasteiger partial charge on any atom is -0.350 e. The Morgan fingerprint density at radius 1 is 1.10 bits per heavy atom. The molecule has 2 rings (SSSR count). The lowest BCUT2D eigenvalue weighted by Gasteiger charge is -2.20. The highest BCUT2D eigenvalue weighted by Gasteiger charge is 2.12. The van der Waals surface area contributed by atoms with Gasteiger partial charge in [0.25, 0.3) is 0 Å². The first kappa shape index (κ1) is 15.8. The number of carbonyl (C=O) groups is 1. The van der Waals surface area contributed by atoms with Crippen LogP contribution in [0.25, 0.3) is 6.08 Å². The van der Waals surface area contributed by atoms with Crippen LogP contribution in [0.15, 0.2) is 30.3 Å². The van der Waals surface area contributed by atoms with Crippen LogP contribution in [0.4, 0.5) is 0 Å². The Kier molecular flexibility index (Phi) is 6.52. The Labute approximate surface area is 128 Å². The third-order valence-electron chi connectivity index (χ3n) is 4.27. The molecular weight excluding hydrogens is 258 g/mol. The van der Waals surface area contributed by atoms with Crippen molar-refractivity contribution in [3.8, 4) is 0 Å². The maximum Gasteiger partial charge on any atom is 0.244 e. The van der Waals surface area contributed by atoms with Gasteiger partial charge in [-0.1, -0.05) is 63.3 Å². The summed E-state index contributed by atoms with van der Waals surface area (Å²) in [5.74, 6) is 0.0418. The number of amides is 1. The summed E-state index contributed by atoms with van der Waals surface area (Å²) in [4.78, 5) is 12.0. The molecule has 1 N–H and O–H groups in total. The lowest BCUT2D eigenvalue weighted by molar-refractivity contribution is -0.117. The summed E-state index contributed by atoms with van der Waals surface area (Å²) in [5, 5.41) is 3.15. The van der Waals surface area contributed by atoms with Gasteiger partial charge in [-0.25, -0.2) is 0 Å². The molecule has 1 aliphatic carbocycles. The fourth-order valence-corrected chi connectivity index (χ4v) is 2.89. The summed E-state index contributed by atoms with van der Waals surface area (Å²) in [5.41, 5.74) is 2.41. The number of benzene rings is 1. The first-order chi connectivity index (χ1) is 10.3. The molecular formula is C19H27NO. The van der Waals surface area contributed by atoms with Crippen molar-refractivity contribution in [1.82, 2.24) is 5.32 Å². The van der Waals surface area contributed by atoms with Crippen molar-refractivity contribution < 1.29 is 4.79 Å². The molecule has 0 heterocycles. The van der Waals surface area contributed by atoms with Crippen molar-refractivity contribution in [2.45, 2.75) is 64.3 Å². The number of hydrogen-bond acceptors (Lipinski definition) is 1. The molecule has 1 saturated carbocycles. The van der Waals surface area contributed by atoms with E-state index in [0.717, 1.165) is 24.8 Å². The summed E-state index contributed by atoms with van der Waals surface area (Å²) < 4.78 is 0. The predicted molar refractivity (Wildman–Crippen MR) is 89.1 cm³/mol. The SMILES string of the molecule is CCc1ccc(/C=C/C(=O)NC2CCCCCCC2)cc1. The normalized spacial score (nSPS) is 17.4. The van der Waals surface area contributed by atoms with Gasteiger partial charge < -0.3 is 5.32 Å². The van der Waals surface area contributed by atoms with Crippen LogP contribution in [-0.4, -0.2) is 11.9 Å². The molecule has 1 amide bonds. The predicted octanol–water partition coefficient (Wildman–Crippen LogP) is 4.49. The fraction of sp³-hybridized carbons (Fsp3) is 0.526. The molecule has 0 spiro atoms. The summed E-state index contributed by atoms with van der Waals surface area (Å²) in [6.07, 6.45) is 13.3. The Balaban J connectivity index is 1.83. The van der Waals surface area contributed by atoms with E-state index in [-0.39, 0.29) is 5.91 Å². The number of rotatable bonds is 4. The minimum atomic E-state index is 0.0418. The van der Waals surface area contributed by atoms with Crippen molar-refractivity contribution in [2.24, 2.45) is 0 Å². The number of carbonyl (C=O) groups excluding carboxylic acids is 1. The zero-order chi connectivity index (χ0) is 14.9. The quantitative estimate of drug-likeness (QED) is 0.811. The average Bonchev–Trinajstić information content (AvgIpc) is 2.48. The highest BCUT2D eigenvalue weighted by Crippen LogP contribution is 2.17. The van der Waals surface area contributed by atoms with Crippen LogP contribution in [0.1, 0.15) is 63.0 Å². The Bertz CT molecular complexity index is 453. The van der Waals surface area contributed by atoms with Gasteiger partial charge in [-0.3, -0.25) is 4.79 Å². The van der Waals surface area contributed by atoms with E-state index in [1.807, 2.05) is 6.08 Å². The molecule has 1 aliphatic rings. The lowest BCUT2D eigenvalue weighted by atomic mass is 9.97. The smallest absolute Gasteiger partial charge is 0.244 e. The second-order valence-corrected chi connectivity index (χ2v) is 5.98. The molecule has 0 saturated heterocycles. The molecule has 0 unspecified atom stereocenters. The van der Waals surface area contributed by atoms with Crippen LogP contribution in [-0.2, 0) is 11.2 Å². The summed E-state index contributed by atoms with van der Waals surface area (Å²) in [6.45, 7) is 2.15. The van der Waals surface area contributed by atoms with Gasteiger partial charge in [-0.15, -0.1) is 0 Å².